The van der Waals surface area contributed by atoms with Gasteiger partial charge in [0.2, 0.25) is 0 Å². The average Bonchev–Trinajstić information content (AvgIpc) is 2.89. The molecule has 37 heavy (non-hydrogen) atoms. The van der Waals surface area contributed by atoms with Gasteiger partial charge in [-0.15, -0.1) is 0 Å². The molecule has 0 radical (unpaired) electrons. The summed E-state index contributed by atoms with van der Waals surface area (Å²) < 4.78 is 21.0. The first-order valence-electron chi connectivity index (χ1n) is 11.8. The van der Waals surface area contributed by atoms with Crippen LogP contribution in [0.4, 0.5) is 0 Å². The summed E-state index contributed by atoms with van der Waals surface area (Å²) >= 11 is 6.24. The molecule has 0 atom stereocenters. The molecule has 0 aliphatic rings. The van der Waals surface area contributed by atoms with Crippen LogP contribution in [0.2, 0.25) is 5.02 Å². The second kappa shape index (κ2) is 16.0. The maximum Gasteiger partial charge on any atom is 0.343 e. The summed E-state index contributed by atoms with van der Waals surface area (Å²) in [5.41, 5.74) is 1.40. The predicted octanol–water partition coefficient (Wildman–Crippen LogP) is 6.36. The number of esters is 3. The van der Waals surface area contributed by atoms with Crippen molar-refractivity contribution in [3.8, 4) is 11.5 Å². The molecular formula is C29H31ClO7. The summed E-state index contributed by atoms with van der Waals surface area (Å²) in [5.74, 6) is -0.569. The van der Waals surface area contributed by atoms with Crippen molar-refractivity contribution in [3.05, 3.63) is 89.5 Å². The minimum Gasteiger partial charge on any atom is -0.494 e. The molecule has 2 aromatic rings. The Hall–Kier alpha value is -3.84. The third kappa shape index (κ3) is 11.2. The third-order valence-corrected chi connectivity index (χ3v) is 5.19. The first kappa shape index (κ1) is 29.4. The molecule has 2 rings (SSSR count). The Balaban J connectivity index is 1.74. The zero-order valence-electron chi connectivity index (χ0n) is 20.9. The largest absolute Gasteiger partial charge is 0.494 e. The van der Waals surface area contributed by atoms with Gasteiger partial charge >= 0.3 is 17.9 Å². The first-order valence-corrected chi connectivity index (χ1v) is 12.2. The fraction of sp³-hybridized carbons (Fsp3) is 0.276. The van der Waals surface area contributed by atoms with E-state index in [2.05, 4.69) is 13.2 Å². The molecule has 2 aromatic carbocycles. The van der Waals surface area contributed by atoms with E-state index in [1.807, 2.05) is 0 Å². The minimum absolute atomic E-state index is 0.129. The molecule has 0 aromatic heterocycles. The van der Waals surface area contributed by atoms with Gasteiger partial charge in [0.1, 0.15) is 18.1 Å². The van der Waals surface area contributed by atoms with E-state index in [1.165, 1.54) is 12.2 Å². The highest BCUT2D eigenvalue weighted by Gasteiger charge is 2.12. The number of unbranched alkanes of at least 4 members (excludes halogenated alkanes) is 3. The zero-order chi connectivity index (χ0) is 27.0. The number of hydrogen-bond acceptors (Lipinski definition) is 7. The summed E-state index contributed by atoms with van der Waals surface area (Å²) in [6.07, 6.45) is 7.83. The Labute approximate surface area is 222 Å². The summed E-state index contributed by atoms with van der Waals surface area (Å²) in [7, 11) is 0. The standard InChI is InChI=1S/C29H31ClO7/c1-4-17-35-27(31)16-10-22-9-15-26(25(30)20-22)37-29(33)23-11-13-24(14-12-23)34-18-7-5-6-8-19-36-28(32)21(2)3/h4,9-16,20H,1-2,5-8,17-19H2,3H3/b16-10+. The van der Waals surface area contributed by atoms with E-state index < -0.39 is 11.9 Å². The number of hydrogen-bond donors (Lipinski definition) is 0. The lowest BCUT2D eigenvalue weighted by Crippen LogP contribution is -2.09. The van der Waals surface area contributed by atoms with Gasteiger partial charge in [-0.05, 0) is 80.6 Å². The molecule has 0 unspecified atom stereocenters. The van der Waals surface area contributed by atoms with Crippen molar-refractivity contribution in [2.75, 3.05) is 19.8 Å². The van der Waals surface area contributed by atoms with Gasteiger partial charge in [-0.25, -0.2) is 14.4 Å². The van der Waals surface area contributed by atoms with E-state index in [4.69, 9.17) is 30.5 Å². The van der Waals surface area contributed by atoms with E-state index in [0.717, 1.165) is 25.7 Å². The fourth-order valence-electron chi connectivity index (χ4n) is 2.94. The Morgan fingerprint density at radius 2 is 1.65 bits per heavy atom. The Bertz CT molecular complexity index is 1120. The van der Waals surface area contributed by atoms with E-state index in [0.29, 0.717) is 35.7 Å². The summed E-state index contributed by atoms with van der Waals surface area (Å²) in [4.78, 5) is 35.3. The average molecular weight is 527 g/mol. The molecule has 0 saturated heterocycles. The van der Waals surface area contributed by atoms with Crippen LogP contribution in [0.1, 0.15) is 48.5 Å². The molecule has 0 bridgehead atoms. The Morgan fingerprint density at radius 3 is 2.30 bits per heavy atom. The molecule has 0 saturated carbocycles. The summed E-state index contributed by atoms with van der Waals surface area (Å²) in [6.45, 7) is 9.70. The smallest absolute Gasteiger partial charge is 0.343 e. The molecule has 0 aliphatic heterocycles. The van der Waals surface area contributed by atoms with Gasteiger partial charge in [-0.2, -0.15) is 0 Å². The molecule has 0 fully saturated rings. The van der Waals surface area contributed by atoms with Crippen molar-refractivity contribution < 1.29 is 33.3 Å². The van der Waals surface area contributed by atoms with E-state index in [1.54, 1.807) is 55.5 Å². The van der Waals surface area contributed by atoms with Crippen LogP contribution in [0, 0.1) is 0 Å². The van der Waals surface area contributed by atoms with Crippen molar-refractivity contribution in [2.45, 2.75) is 32.6 Å². The minimum atomic E-state index is -0.558. The molecule has 0 amide bonds. The molecule has 0 N–H and O–H groups in total. The summed E-state index contributed by atoms with van der Waals surface area (Å²) in [5, 5.41) is 0.226. The maximum atomic E-state index is 12.5. The second-order valence-corrected chi connectivity index (χ2v) is 8.44. The van der Waals surface area contributed by atoms with Crippen LogP contribution in [0.25, 0.3) is 6.08 Å². The van der Waals surface area contributed by atoms with Crippen molar-refractivity contribution in [3.63, 3.8) is 0 Å². The van der Waals surface area contributed by atoms with Gasteiger partial charge in [-0.1, -0.05) is 36.9 Å². The maximum absolute atomic E-state index is 12.5. The summed E-state index contributed by atoms with van der Waals surface area (Å²) in [6, 6.07) is 11.4. The molecular weight excluding hydrogens is 496 g/mol. The van der Waals surface area contributed by atoms with Crippen molar-refractivity contribution in [2.24, 2.45) is 0 Å². The fourth-order valence-corrected chi connectivity index (χ4v) is 3.17. The Morgan fingerprint density at radius 1 is 0.946 bits per heavy atom. The SMILES string of the molecule is C=CCOC(=O)/C=C/c1ccc(OC(=O)c2ccc(OCCCCCCOC(=O)C(=C)C)cc2)c(Cl)c1. The van der Waals surface area contributed by atoms with Crippen molar-refractivity contribution in [1.29, 1.82) is 0 Å². The zero-order valence-corrected chi connectivity index (χ0v) is 21.6. The number of halogens is 1. The first-order chi connectivity index (χ1) is 17.8. The highest BCUT2D eigenvalue weighted by atomic mass is 35.5. The third-order valence-electron chi connectivity index (χ3n) is 4.89. The van der Waals surface area contributed by atoms with Crippen LogP contribution in [-0.4, -0.2) is 37.7 Å². The van der Waals surface area contributed by atoms with E-state index >= 15 is 0 Å². The lowest BCUT2D eigenvalue weighted by molar-refractivity contribution is -0.139. The van der Waals surface area contributed by atoms with Gasteiger partial charge < -0.3 is 18.9 Å². The number of benzene rings is 2. The molecule has 196 valence electrons. The van der Waals surface area contributed by atoms with E-state index in [9.17, 15) is 14.4 Å². The predicted molar refractivity (Wildman–Crippen MR) is 143 cm³/mol. The van der Waals surface area contributed by atoms with Gasteiger partial charge in [0.05, 0.1) is 23.8 Å². The van der Waals surface area contributed by atoms with Crippen LogP contribution < -0.4 is 9.47 Å². The number of carbonyl (C=O) groups excluding carboxylic acids is 3. The number of carbonyl (C=O) groups is 3. The second-order valence-electron chi connectivity index (χ2n) is 8.03. The van der Waals surface area contributed by atoms with Crippen LogP contribution in [0.15, 0.2) is 73.3 Å². The van der Waals surface area contributed by atoms with Crippen LogP contribution in [0.3, 0.4) is 0 Å². The van der Waals surface area contributed by atoms with E-state index in [-0.39, 0.29) is 23.3 Å². The van der Waals surface area contributed by atoms with Gasteiger partial charge in [0, 0.05) is 11.6 Å². The number of ether oxygens (including phenoxy) is 4. The normalized spacial score (nSPS) is 10.5. The molecule has 0 heterocycles. The lowest BCUT2D eigenvalue weighted by Gasteiger charge is -2.09. The molecule has 0 spiro atoms. The van der Waals surface area contributed by atoms with Crippen LogP contribution >= 0.6 is 11.6 Å². The van der Waals surface area contributed by atoms with Gasteiger partial charge in [0.25, 0.3) is 0 Å². The monoisotopic (exact) mass is 526 g/mol. The highest BCUT2D eigenvalue weighted by Crippen LogP contribution is 2.27. The quantitative estimate of drug-likeness (QED) is 0.0876. The Kier molecular flexibility index (Phi) is 12.7. The molecule has 0 aliphatic carbocycles. The molecule has 8 heteroatoms. The highest BCUT2D eigenvalue weighted by molar-refractivity contribution is 6.32. The molecule has 7 nitrogen and oxygen atoms in total. The van der Waals surface area contributed by atoms with Crippen LogP contribution in [0.5, 0.6) is 11.5 Å². The number of rotatable bonds is 15. The topological polar surface area (TPSA) is 88.1 Å². The lowest BCUT2D eigenvalue weighted by atomic mass is 10.2. The van der Waals surface area contributed by atoms with Gasteiger partial charge in [0.15, 0.2) is 0 Å². The van der Waals surface area contributed by atoms with Crippen LogP contribution in [-0.2, 0) is 19.1 Å². The van der Waals surface area contributed by atoms with Crippen molar-refractivity contribution >= 4 is 35.6 Å². The van der Waals surface area contributed by atoms with Crippen molar-refractivity contribution in [1.82, 2.24) is 0 Å². The van der Waals surface area contributed by atoms with Gasteiger partial charge in [-0.3, -0.25) is 0 Å².